The first-order valence-corrected chi connectivity index (χ1v) is 8.63. The second-order valence-electron chi connectivity index (χ2n) is 7.24. The molecule has 0 spiro atoms. The molecule has 1 fully saturated rings. The van der Waals surface area contributed by atoms with E-state index < -0.39 is 11.4 Å². The third kappa shape index (κ3) is 3.03. The molecular formula is C18H25BrO3. The summed E-state index contributed by atoms with van der Waals surface area (Å²) in [5, 5.41) is 9.98. The Balaban J connectivity index is 2.70. The highest BCUT2D eigenvalue weighted by atomic mass is 79.9. The molecule has 1 aliphatic carbocycles. The summed E-state index contributed by atoms with van der Waals surface area (Å²) in [6.07, 6.45) is 4.37. The molecule has 3 nitrogen and oxygen atoms in total. The minimum absolute atomic E-state index is 0.0437. The standard InChI is InChI=1S/C18H25BrO3/c1-17(2,3)12-10-13(15(22-4)14(19)11-12)18(16(20)21)8-6-5-7-9-18/h10-11H,5-9H2,1-4H3,(H,20,21). The fourth-order valence-corrected chi connectivity index (χ4v) is 3.97. The number of carbonyl (C=O) groups is 1. The van der Waals surface area contributed by atoms with Crippen LogP contribution in [0, 0.1) is 0 Å². The Morgan fingerprint density at radius 1 is 1.23 bits per heavy atom. The normalized spacial score (nSPS) is 18.0. The Morgan fingerprint density at radius 3 is 2.27 bits per heavy atom. The summed E-state index contributed by atoms with van der Waals surface area (Å²) in [7, 11) is 1.61. The molecule has 1 N–H and O–H groups in total. The van der Waals surface area contributed by atoms with E-state index in [9.17, 15) is 9.90 Å². The average Bonchev–Trinajstić information content (AvgIpc) is 2.46. The number of hydrogen-bond acceptors (Lipinski definition) is 2. The van der Waals surface area contributed by atoms with Gasteiger partial charge < -0.3 is 9.84 Å². The van der Waals surface area contributed by atoms with Crippen molar-refractivity contribution in [3.05, 3.63) is 27.7 Å². The van der Waals surface area contributed by atoms with Gasteiger partial charge in [-0.05, 0) is 45.8 Å². The van der Waals surface area contributed by atoms with Crippen LogP contribution >= 0.6 is 15.9 Å². The maximum absolute atomic E-state index is 12.1. The van der Waals surface area contributed by atoms with Crippen LogP contribution in [0.4, 0.5) is 0 Å². The third-order valence-electron chi connectivity index (χ3n) is 4.75. The Kier molecular flexibility index (Phi) is 4.90. The highest BCUT2D eigenvalue weighted by molar-refractivity contribution is 9.10. The van der Waals surface area contributed by atoms with Gasteiger partial charge in [0.15, 0.2) is 0 Å². The lowest BCUT2D eigenvalue weighted by Crippen LogP contribution is -2.38. The van der Waals surface area contributed by atoms with Crippen LogP contribution in [0.15, 0.2) is 16.6 Å². The molecule has 1 aliphatic rings. The van der Waals surface area contributed by atoms with Gasteiger partial charge in [-0.1, -0.05) is 46.1 Å². The number of ether oxygens (including phenoxy) is 1. The van der Waals surface area contributed by atoms with Gasteiger partial charge >= 0.3 is 5.97 Å². The fraction of sp³-hybridized carbons (Fsp3) is 0.611. The summed E-state index contributed by atoms with van der Waals surface area (Å²) in [6.45, 7) is 6.41. The van der Waals surface area contributed by atoms with Crippen LogP contribution in [0.3, 0.4) is 0 Å². The van der Waals surface area contributed by atoms with Gasteiger partial charge in [-0.15, -0.1) is 0 Å². The van der Waals surface area contributed by atoms with Gasteiger partial charge in [0, 0.05) is 5.56 Å². The molecular weight excluding hydrogens is 344 g/mol. The number of methoxy groups -OCH3 is 1. The van der Waals surface area contributed by atoms with Crippen molar-refractivity contribution >= 4 is 21.9 Å². The third-order valence-corrected chi connectivity index (χ3v) is 5.33. The van der Waals surface area contributed by atoms with Crippen LogP contribution in [0.5, 0.6) is 5.75 Å². The number of carboxylic acids is 1. The molecule has 0 amide bonds. The molecule has 0 saturated heterocycles. The number of benzene rings is 1. The largest absolute Gasteiger partial charge is 0.495 e. The van der Waals surface area contributed by atoms with E-state index in [0.29, 0.717) is 18.6 Å². The first-order chi connectivity index (χ1) is 10.2. The summed E-state index contributed by atoms with van der Waals surface area (Å²) >= 11 is 3.57. The Morgan fingerprint density at radius 2 is 1.82 bits per heavy atom. The summed E-state index contributed by atoms with van der Waals surface area (Å²) in [4.78, 5) is 12.1. The molecule has 0 aromatic heterocycles. The van der Waals surface area contributed by atoms with E-state index in [4.69, 9.17) is 4.74 Å². The molecule has 4 heteroatoms. The van der Waals surface area contributed by atoms with Crippen molar-refractivity contribution in [2.75, 3.05) is 7.11 Å². The van der Waals surface area contributed by atoms with E-state index >= 15 is 0 Å². The predicted molar refractivity (Wildman–Crippen MR) is 91.8 cm³/mol. The molecule has 0 aliphatic heterocycles. The number of halogens is 1. The van der Waals surface area contributed by atoms with E-state index in [1.807, 2.05) is 12.1 Å². The number of hydrogen-bond donors (Lipinski definition) is 1. The van der Waals surface area contributed by atoms with Crippen molar-refractivity contribution in [2.45, 2.75) is 63.7 Å². The monoisotopic (exact) mass is 368 g/mol. The molecule has 1 saturated carbocycles. The van der Waals surface area contributed by atoms with E-state index in [1.165, 1.54) is 0 Å². The van der Waals surface area contributed by atoms with Crippen molar-refractivity contribution in [2.24, 2.45) is 0 Å². The van der Waals surface area contributed by atoms with Crippen LogP contribution in [-0.4, -0.2) is 18.2 Å². The van der Waals surface area contributed by atoms with Gasteiger partial charge in [-0.3, -0.25) is 4.79 Å². The molecule has 0 atom stereocenters. The van der Waals surface area contributed by atoms with Gasteiger partial charge in [-0.25, -0.2) is 0 Å². The Labute approximate surface area is 141 Å². The van der Waals surface area contributed by atoms with Crippen molar-refractivity contribution in [1.82, 2.24) is 0 Å². The number of aliphatic carboxylic acids is 1. The summed E-state index contributed by atoms with van der Waals surface area (Å²) in [5.74, 6) is -0.0687. The maximum Gasteiger partial charge on any atom is 0.314 e. The molecule has 0 unspecified atom stereocenters. The van der Waals surface area contributed by atoms with Crippen molar-refractivity contribution in [3.63, 3.8) is 0 Å². The molecule has 22 heavy (non-hydrogen) atoms. The first-order valence-electron chi connectivity index (χ1n) is 7.84. The van der Waals surface area contributed by atoms with Gasteiger partial charge in [0.25, 0.3) is 0 Å². The zero-order chi connectivity index (χ0) is 16.5. The minimum Gasteiger partial charge on any atom is -0.495 e. The minimum atomic E-state index is -0.826. The lowest BCUT2D eigenvalue weighted by atomic mass is 9.68. The van der Waals surface area contributed by atoms with E-state index in [2.05, 4.69) is 36.7 Å². The van der Waals surface area contributed by atoms with Crippen molar-refractivity contribution < 1.29 is 14.6 Å². The molecule has 1 aromatic rings. The predicted octanol–water partition coefficient (Wildman–Crippen LogP) is 5.04. The smallest absolute Gasteiger partial charge is 0.314 e. The molecule has 2 rings (SSSR count). The van der Waals surface area contributed by atoms with E-state index in [1.54, 1.807) is 7.11 Å². The summed E-state index contributed by atoms with van der Waals surface area (Å²) < 4.78 is 6.40. The Hall–Kier alpha value is -1.03. The van der Waals surface area contributed by atoms with Crippen LogP contribution in [-0.2, 0) is 15.6 Å². The van der Waals surface area contributed by atoms with Gasteiger partial charge in [0.2, 0.25) is 0 Å². The first kappa shape index (κ1) is 17.3. The van der Waals surface area contributed by atoms with Crippen molar-refractivity contribution in [3.8, 4) is 5.75 Å². The van der Waals surface area contributed by atoms with Crippen molar-refractivity contribution in [1.29, 1.82) is 0 Å². The fourth-order valence-electron chi connectivity index (χ4n) is 3.34. The lowest BCUT2D eigenvalue weighted by molar-refractivity contribution is -0.145. The lowest BCUT2D eigenvalue weighted by Gasteiger charge is -2.36. The number of carboxylic acid groups (broad SMARTS) is 1. The SMILES string of the molecule is COc1c(Br)cc(C(C)(C)C)cc1C1(C(=O)O)CCCCC1. The molecule has 122 valence electrons. The molecule has 0 bridgehead atoms. The zero-order valence-electron chi connectivity index (χ0n) is 13.8. The van der Waals surface area contributed by atoms with Gasteiger partial charge in [-0.2, -0.15) is 0 Å². The molecule has 1 aromatic carbocycles. The number of rotatable bonds is 3. The second-order valence-corrected chi connectivity index (χ2v) is 8.09. The highest BCUT2D eigenvalue weighted by Gasteiger charge is 2.44. The van der Waals surface area contributed by atoms with Crippen LogP contribution in [0.2, 0.25) is 0 Å². The highest BCUT2D eigenvalue weighted by Crippen LogP contribution is 2.47. The summed E-state index contributed by atoms with van der Waals surface area (Å²) in [6, 6.07) is 4.09. The van der Waals surface area contributed by atoms with E-state index in [0.717, 1.165) is 34.9 Å². The average molecular weight is 369 g/mol. The Bertz CT molecular complexity index is 566. The zero-order valence-corrected chi connectivity index (χ0v) is 15.4. The second kappa shape index (κ2) is 6.23. The van der Waals surface area contributed by atoms with E-state index in [-0.39, 0.29) is 5.41 Å². The maximum atomic E-state index is 12.1. The van der Waals surface area contributed by atoms with Gasteiger partial charge in [0.05, 0.1) is 17.0 Å². The molecule has 0 heterocycles. The van der Waals surface area contributed by atoms with Crippen LogP contribution < -0.4 is 4.74 Å². The molecule has 0 radical (unpaired) electrons. The van der Waals surface area contributed by atoms with Crippen LogP contribution in [0.1, 0.15) is 64.0 Å². The quantitative estimate of drug-likeness (QED) is 0.812. The van der Waals surface area contributed by atoms with Gasteiger partial charge in [0.1, 0.15) is 5.75 Å². The van der Waals surface area contributed by atoms with Crippen LogP contribution in [0.25, 0.3) is 0 Å². The summed E-state index contributed by atoms with van der Waals surface area (Å²) in [5.41, 5.74) is 1.08. The topological polar surface area (TPSA) is 46.5 Å².